The van der Waals surface area contributed by atoms with E-state index in [1.165, 1.54) is 30.6 Å². The Labute approximate surface area is 199 Å². The average molecular weight is 549 g/mol. The van der Waals surface area contributed by atoms with Crippen molar-refractivity contribution in [1.29, 1.82) is 0 Å². The maximum Gasteiger partial charge on any atom is 0.191 e. The summed E-state index contributed by atoms with van der Waals surface area (Å²) in [5.41, 5.74) is 0. The van der Waals surface area contributed by atoms with Gasteiger partial charge in [0.1, 0.15) is 5.82 Å². The van der Waals surface area contributed by atoms with E-state index in [1.54, 1.807) is 11.8 Å². The smallest absolute Gasteiger partial charge is 0.191 e. The molecule has 1 fully saturated rings. The molecular weight excluding hydrogens is 515 g/mol. The molecule has 6 nitrogen and oxygen atoms in total. The number of thiophene rings is 1. The van der Waals surface area contributed by atoms with Gasteiger partial charge in [0.05, 0.1) is 0 Å². The van der Waals surface area contributed by atoms with Gasteiger partial charge in [-0.15, -0.1) is 45.5 Å². The maximum atomic E-state index is 4.48. The summed E-state index contributed by atoms with van der Waals surface area (Å²) < 4.78 is 2.40. The molecule has 1 unspecified atom stereocenters. The van der Waals surface area contributed by atoms with E-state index in [2.05, 4.69) is 61.1 Å². The van der Waals surface area contributed by atoms with Gasteiger partial charge < -0.3 is 15.2 Å². The molecule has 2 aromatic rings. The molecule has 3 rings (SSSR count). The minimum absolute atomic E-state index is 0. The summed E-state index contributed by atoms with van der Waals surface area (Å²) in [5.74, 6) is 2.48. The van der Waals surface area contributed by atoms with Crippen molar-refractivity contribution in [3.05, 3.63) is 28.2 Å². The van der Waals surface area contributed by atoms with Crippen LogP contribution in [0.15, 0.2) is 27.7 Å². The summed E-state index contributed by atoms with van der Waals surface area (Å²) in [4.78, 5) is 5.75. The van der Waals surface area contributed by atoms with Crippen LogP contribution in [0.3, 0.4) is 0 Å². The van der Waals surface area contributed by atoms with Gasteiger partial charge in [-0.3, -0.25) is 4.99 Å². The number of hydrogen-bond acceptors (Lipinski definition) is 5. The van der Waals surface area contributed by atoms with Crippen molar-refractivity contribution in [2.45, 2.75) is 62.6 Å². The predicted octanol–water partition coefficient (Wildman–Crippen LogP) is 4.70. The molecule has 0 amide bonds. The molecule has 1 atom stereocenters. The molecule has 29 heavy (non-hydrogen) atoms. The van der Waals surface area contributed by atoms with Crippen molar-refractivity contribution in [1.82, 2.24) is 25.4 Å². The molecule has 0 radical (unpaired) electrons. The number of rotatable bonds is 9. The minimum Gasteiger partial charge on any atom is -0.356 e. The number of aromatic nitrogens is 3. The quantitative estimate of drug-likeness (QED) is 0.156. The number of guanidine groups is 1. The summed E-state index contributed by atoms with van der Waals surface area (Å²) in [5, 5.41) is 18.9. The van der Waals surface area contributed by atoms with E-state index in [0.29, 0.717) is 12.0 Å². The lowest BCUT2D eigenvalue weighted by Crippen LogP contribution is -2.39. The van der Waals surface area contributed by atoms with Gasteiger partial charge in [-0.2, -0.15) is 0 Å². The number of aliphatic imine (C=N–C) groups is 1. The first-order valence-corrected chi connectivity index (χ1v) is 12.3. The Bertz CT molecular complexity index is 740. The number of thioether (sulfide) groups is 1. The molecule has 2 N–H and O–H groups in total. The fraction of sp³-hybridized carbons (Fsp3) is 0.650. The monoisotopic (exact) mass is 548 g/mol. The third kappa shape index (κ3) is 6.85. The van der Waals surface area contributed by atoms with Crippen LogP contribution < -0.4 is 10.6 Å². The van der Waals surface area contributed by atoms with Gasteiger partial charge in [0.2, 0.25) is 0 Å². The molecule has 1 aliphatic carbocycles. The van der Waals surface area contributed by atoms with E-state index in [0.717, 1.165) is 42.9 Å². The second-order valence-corrected chi connectivity index (χ2v) is 9.06. The topological polar surface area (TPSA) is 67.1 Å². The van der Waals surface area contributed by atoms with Crippen molar-refractivity contribution < 1.29 is 0 Å². The van der Waals surface area contributed by atoms with Gasteiger partial charge in [0.15, 0.2) is 11.1 Å². The number of halogens is 1. The fourth-order valence-electron chi connectivity index (χ4n) is 3.74. The Morgan fingerprint density at radius 2 is 2.14 bits per heavy atom. The van der Waals surface area contributed by atoms with Crippen LogP contribution in [-0.2, 0) is 6.42 Å². The molecule has 2 aromatic heterocycles. The standard InChI is InChI=1S/C20H32N6S2.HI/c1-15(17-10-7-13-28-17)14-23-19(21-2)22-12-6-11-18-24-25-20(27-3)26(18)16-8-4-5-9-16;/h7,10,13,15-16H,4-6,8-9,11-12,14H2,1-3H3,(H2,21,22,23);1H. The number of hydrogen-bond donors (Lipinski definition) is 2. The number of aryl methyl sites for hydroxylation is 1. The normalized spacial score (nSPS) is 15.9. The Kier molecular flexibility index (Phi) is 10.8. The molecule has 9 heteroatoms. The fourth-order valence-corrected chi connectivity index (χ4v) is 5.10. The zero-order valence-corrected chi connectivity index (χ0v) is 21.5. The molecule has 1 saturated carbocycles. The van der Waals surface area contributed by atoms with E-state index in [9.17, 15) is 0 Å². The second-order valence-electron chi connectivity index (χ2n) is 7.31. The predicted molar refractivity (Wildman–Crippen MR) is 135 cm³/mol. The van der Waals surface area contributed by atoms with Crippen LogP contribution in [0.1, 0.15) is 61.7 Å². The van der Waals surface area contributed by atoms with Crippen LogP contribution in [0.25, 0.3) is 0 Å². The highest BCUT2D eigenvalue weighted by atomic mass is 127. The van der Waals surface area contributed by atoms with Gasteiger partial charge in [0.25, 0.3) is 0 Å². The van der Waals surface area contributed by atoms with E-state index < -0.39 is 0 Å². The van der Waals surface area contributed by atoms with E-state index in [-0.39, 0.29) is 24.0 Å². The maximum absolute atomic E-state index is 4.48. The molecule has 2 heterocycles. The number of nitrogens with one attached hydrogen (secondary N) is 2. The second kappa shape index (κ2) is 12.8. The molecule has 0 spiro atoms. The molecular formula is C20H33IN6S2. The molecule has 0 saturated heterocycles. The zero-order valence-electron chi connectivity index (χ0n) is 17.6. The van der Waals surface area contributed by atoms with Gasteiger partial charge in [-0.05, 0) is 37.0 Å². The lowest BCUT2D eigenvalue weighted by atomic mass is 10.1. The molecule has 0 aliphatic heterocycles. The summed E-state index contributed by atoms with van der Waals surface area (Å²) >= 11 is 3.51. The largest absolute Gasteiger partial charge is 0.356 e. The molecule has 0 bridgehead atoms. The summed E-state index contributed by atoms with van der Waals surface area (Å²) in [6, 6.07) is 4.89. The van der Waals surface area contributed by atoms with Crippen LogP contribution in [-0.4, -0.2) is 47.1 Å². The highest BCUT2D eigenvalue weighted by Crippen LogP contribution is 2.33. The average Bonchev–Trinajstić information content (AvgIpc) is 3.48. The van der Waals surface area contributed by atoms with E-state index >= 15 is 0 Å². The first-order valence-electron chi connectivity index (χ1n) is 10.2. The van der Waals surface area contributed by atoms with Gasteiger partial charge in [-0.25, -0.2) is 0 Å². The molecule has 162 valence electrons. The lowest BCUT2D eigenvalue weighted by Gasteiger charge is -2.17. The summed E-state index contributed by atoms with van der Waals surface area (Å²) in [7, 11) is 1.83. The van der Waals surface area contributed by atoms with E-state index in [4.69, 9.17) is 0 Å². The first-order chi connectivity index (χ1) is 13.7. The van der Waals surface area contributed by atoms with Crippen LogP contribution in [0.5, 0.6) is 0 Å². The molecule has 0 aromatic carbocycles. The van der Waals surface area contributed by atoms with Crippen molar-refractivity contribution in [2.75, 3.05) is 26.4 Å². The summed E-state index contributed by atoms with van der Waals surface area (Å²) in [6.07, 6.45) is 9.21. The van der Waals surface area contributed by atoms with Crippen molar-refractivity contribution in [3.8, 4) is 0 Å². The van der Waals surface area contributed by atoms with E-state index in [1.807, 2.05) is 18.4 Å². The summed E-state index contributed by atoms with van der Waals surface area (Å²) in [6.45, 7) is 4.00. The van der Waals surface area contributed by atoms with Gasteiger partial charge in [-0.1, -0.05) is 37.6 Å². The third-order valence-electron chi connectivity index (χ3n) is 5.31. The van der Waals surface area contributed by atoms with Gasteiger partial charge in [0, 0.05) is 43.4 Å². The third-order valence-corrected chi connectivity index (χ3v) is 7.05. The first kappa shape index (κ1) is 24.5. The Hall–Kier alpha value is -0.810. The van der Waals surface area contributed by atoms with Crippen LogP contribution in [0, 0.1) is 0 Å². The lowest BCUT2D eigenvalue weighted by molar-refractivity contribution is 0.460. The Morgan fingerprint density at radius 1 is 1.34 bits per heavy atom. The van der Waals surface area contributed by atoms with Crippen LogP contribution in [0.4, 0.5) is 0 Å². The van der Waals surface area contributed by atoms with Gasteiger partial charge >= 0.3 is 0 Å². The van der Waals surface area contributed by atoms with Crippen molar-refractivity contribution >= 4 is 53.0 Å². The van der Waals surface area contributed by atoms with Crippen LogP contribution in [0.2, 0.25) is 0 Å². The highest BCUT2D eigenvalue weighted by molar-refractivity contribution is 14.0. The Morgan fingerprint density at radius 3 is 2.79 bits per heavy atom. The van der Waals surface area contributed by atoms with Crippen LogP contribution >= 0.6 is 47.1 Å². The SMILES string of the molecule is CN=C(NCCCc1nnc(SC)n1C1CCCC1)NCC(C)c1cccs1.I. The molecule has 1 aliphatic rings. The zero-order chi connectivity index (χ0) is 19.8. The van der Waals surface area contributed by atoms with Crippen molar-refractivity contribution in [2.24, 2.45) is 4.99 Å². The minimum atomic E-state index is 0. The highest BCUT2D eigenvalue weighted by Gasteiger charge is 2.23. The van der Waals surface area contributed by atoms with Crippen molar-refractivity contribution in [3.63, 3.8) is 0 Å². The Balaban J connectivity index is 0.00000300. The number of nitrogens with zero attached hydrogens (tertiary/aromatic N) is 4.